The normalized spacial score (nSPS) is 16.3. The number of anilines is 1. The number of hydrogen-bond donors (Lipinski definition) is 1. The first-order chi connectivity index (χ1) is 10.7. The van der Waals surface area contributed by atoms with Crippen LogP contribution in [0.4, 0.5) is 11.4 Å². The molecule has 1 aliphatic rings. The van der Waals surface area contributed by atoms with E-state index in [0.717, 1.165) is 19.1 Å². The number of carbonyl (C=O) groups excluding carboxylic acids is 1. The van der Waals surface area contributed by atoms with Gasteiger partial charge in [0.25, 0.3) is 5.69 Å². The monoisotopic (exact) mass is 341 g/mol. The molecule has 1 amide bonds. The lowest BCUT2D eigenvalue weighted by molar-refractivity contribution is -0.387. The Hall–Kier alpha value is -2.16. The number of sulfone groups is 1. The van der Waals surface area contributed by atoms with E-state index in [0.29, 0.717) is 25.2 Å². The zero-order chi connectivity index (χ0) is 17.2. The number of piperidine rings is 1. The Morgan fingerprint density at radius 3 is 2.48 bits per heavy atom. The van der Waals surface area contributed by atoms with Gasteiger partial charge >= 0.3 is 0 Å². The van der Waals surface area contributed by atoms with Crippen LogP contribution in [0.3, 0.4) is 0 Å². The molecule has 0 bridgehead atoms. The van der Waals surface area contributed by atoms with Crippen LogP contribution in [0.5, 0.6) is 0 Å². The zero-order valence-electron chi connectivity index (χ0n) is 12.8. The molecule has 0 unspecified atom stereocenters. The van der Waals surface area contributed by atoms with Crippen molar-refractivity contribution in [2.24, 2.45) is 11.7 Å². The summed E-state index contributed by atoms with van der Waals surface area (Å²) in [6, 6.07) is 4.13. The number of carbonyl (C=O) groups is 1. The highest BCUT2D eigenvalue weighted by Crippen LogP contribution is 2.31. The zero-order valence-corrected chi connectivity index (χ0v) is 13.6. The van der Waals surface area contributed by atoms with E-state index in [1.54, 1.807) is 6.07 Å². The highest BCUT2D eigenvalue weighted by atomic mass is 32.2. The Labute approximate surface area is 134 Å². The topological polar surface area (TPSA) is 124 Å². The van der Waals surface area contributed by atoms with Crippen molar-refractivity contribution < 1.29 is 18.1 Å². The van der Waals surface area contributed by atoms with Crippen LogP contribution in [-0.4, -0.2) is 38.6 Å². The maximum Gasteiger partial charge on any atom is 0.288 e. The minimum absolute atomic E-state index is 0.233. The highest BCUT2D eigenvalue weighted by molar-refractivity contribution is 7.90. The van der Waals surface area contributed by atoms with E-state index in [9.17, 15) is 23.3 Å². The Kier molecular flexibility index (Phi) is 4.88. The van der Waals surface area contributed by atoms with Crippen LogP contribution in [-0.2, 0) is 14.6 Å². The first-order valence-corrected chi connectivity index (χ1v) is 9.09. The summed E-state index contributed by atoms with van der Waals surface area (Å²) in [6.45, 7) is 1.30. The van der Waals surface area contributed by atoms with Crippen LogP contribution in [0.1, 0.15) is 19.3 Å². The van der Waals surface area contributed by atoms with Gasteiger partial charge in [0.2, 0.25) is 5.91 Å². The predicted octanol–water partition coefficient (Wildman–Crippen LogP) is 1.09. The fourth-order valence-corrected chi connectivity index (χ4v) is 3.68. The molecule has 0 aromatic heterocycles. The Morgan fingerprint density at radius 2 is 2.00 bits per heavy atom. The summed E-state index contributed by atoms with van der Waals surface area (Å²) in [7, 11) is -3.70. The lowest BCUT2D eigenvalue weighted by atomic mass is 9.93. The second-order valence-corrected chi connectivity index (χ2v) is 7.77. The van der Waals surface area contributed by atoms with Crippen molar-refractivity contribution in [1.82, 2.24) is 0 Å². The summed E-state index contributed by atoms with van der Waals surface area (Å²) < 4.78 is 23.6. The molecular weight excluding hydrogens is 322 g/mol. The summed E-state index contributed by atoms with van der Waals surface area (Å²) in [5, 5.41) is 11.0. The maximum absolute atomic E-state index is 11.8. The molecule has 1 aromatic carbocycles. The van der Waals surface area contributed by atoms with Crippen LogP contribution in [0.25, 0.3) is 0 Å². The van der Waals surface area contributed by atoms with Crippen LogP contribution in [0, 0.1) is 16.0 Å². The SMILES string of the molecule is CS(=O)(=O)c1cc(N2CCC(CC(N)=O)CC2)ccc1[N+](=O)[O-]. The van der Waals surface area contributed by atoms with Gasteiger partial charge in [-0.25, -0.2) is 8.42 Å². The van der Waals surface area contributed by atoms with E-state index in [2.05, 4.69) is 0 Å². The second kappa shape index (κ2) is 6.53. The van der Waals surface area contributed by atoms with Crippen LogP contribution in [0.2, 0.25) is 0 Å². The molecule has 0 atom stereocenters. The van der Waals surface area contributed by atoms with E-state index in [1.807, 2.05) is 4.90 Å². The predicted molar refractivity (Wildman–Crippen MR) is 85.0 cm³/mol. The number of rotatable bonds is 5. The van der Waals surface area contributed by atoms with Crippen molar-refractivity contribution >= 4 is 27.1 Å². The van der Waals surface area contributed by atoms with Gasteiger partial charge < -0.3 is 10.6 Å². The summed E-state index contributed by atoms with van der Waals surface area (Å²) in [4.78, 5) is 22.9. The molecular formula is C14H19N3O5S. The summed E-state index contributed by atoms with van der Waals surface area (Å²) in [5.74, 6) is -0.0886. The van der Waals surface area contributed by atoms with E-state index in [4.69, 9.17) is 5.73 Å². The molecule has 126 valence electrons. The van der Waals surface area contributed by atoms with E-state index in [-0.39, 0.29) is 16.7 Å². The largest absolute Gasteiger partial charge is 0.371 e. The molecule has 0 spiro atoms. The molecule has 8 nitrogen and oxygen atoms in total. The van der Waals surface area contributed by atoms with Crippen molar-refractivity contribution in [3.63, 3.8) is 0 Å². The van der Waals surface area contributed by atoms with Crippen molar-refractivity contribution in [2.45, 2.75) is 24.2 Å². The van der Waals surface area contributed by atoms with Gasteiger partial charge in [0.05, 0.1) is 4.92 Å². The van der Waals surface area contributed by atoms with Crippen molar-refractivity contribution in [2.75, 3.05) is 24.2 Å². The van der Waals surface area contributed by atoms with Gasteiger partial charge in [0.1, 0.15) is 4.90 Å². The standard InChI is InChI=1S/C14H19N3O5S/c1-23(21,22)13-9-11(2-3-12(13)17(19)20)16-6-4-10(5-7-16)8-14(15)18/h2-3,9-10H,4-8H2,1H3,(H2,15,18). The second-order valence-electron chi connectivity index (χ2n) is 5.78. The van der Waals surface area contributed by atoms with Crippen molar-refractivity contribution in [3.05, 3.63) is 28.3 Å². The van der Waals surface area contributed by atoms with Gasteiger partial charge in [-0.2, -0.15) is 0 Å². The summed E-state index contributed by atoms with van der Waals surface area (Å²) in [6.07, 6.45) is 2.85. The minimum atomic E-state index is -3.70. The fourth-order valence-electron chi connectivity index (χ4n) is 2.83. The molecule has 0 saturated carbocycles. The maximum atomic E-state index is 11.8. The number of hydrogen-bond acceptors (Lipinski definition) is 6. The van der Waals surface area contributed by atoms with Crippen molar-refractivity contribution in [3.8, 4) is 0 Å². The van der Waals surface area contributed by atoms with E-state index in [1.165, 1.54) is 12.1 Å². The number of nitro benzene ring substituents is 1. The molecule has 1 aromatic rings. The summed E-state index contributed by atoms with van der Waals surface area (Å²) in [5.41, 5.74) is 5.41. The minimum Gasteiger partial charge on any atom is -0.371 e. The molecule has 1 heterocycles. The van der Waals surface area contributed by atoms with Crippen molar-refractivity contribution in [1.29, 1.82) is 0 Å². The number of primary amides is 1. The molecule has 9 heteroatoms. The van der Waals surface area contributed by atoms with Gasteiger partial charge in [-0.15, -0.1) is 0 Å². The van der Waals surface area contributed by atoms with Crippen LogP contribution >= 0.6 is 0 Å². The average molecular weight is 341 g/mol. The number of amides is 1. The number of nitro groups is 1. The van der Waals surface area contributed by atoms with Gasteiger partial charge in [-0.3, -0.25) is 14.9 Å². The first kappa shape index (κ1) is 17.2. The van der Waals surface area contributed by atoms with Gasteiger partial charge in [0.15, 0.2) is 9.84 Å². The van der Waals surface area contributed by atoms with Gasteiger partial charge in [-0.05, 0) is 30.9 Å². The number of nitrogens with zero attached hydrogens (tertiary/aromatic N) is 2. The molecule has 2 rings (SSSR count). The molecule has 0 aliphatic carbocycles. The quantitative estimate of drug-likeness (QED) is 0.631. The average Bonchev–Trinajstić information content (AvgIpc) is 2.46. The summed E-state index contributed by atoms with van der Waals surface area (Å²) >= 11 is 0. The Balaban J connectivity index is 2.22. The number of nitrogens with two attached hydrogens (primary N) is 1. The van der Waals surface area contributed by atoms with Crippen LogP contribution < -0.4 is 10.6 Å². The molecule has 0 radical (unpaired) electrons. The molecule has 1 fully saturated rings. The molecule has 2 N–H and O–H groups in total. The molecule has 23 heavy (non-hydrogen) atoms. The first-order valence-electron chi connectivity index (χ1n) is 7.20. The lowest BCUT2D eigenvalue weighted by Gasteiger charge is -2.33. The third-order valence-corrected chi connectivity index (χ3v) is 5.14. The van der Waals surface area contributed by atoms with Gasteiger partial charge in [-0.1, -0.05) is 0 Å². The third-order valence-electron chi connectivity index (χ3n) is 4.01. The Morgan fingerprint density at radius 1 is 1.39 bits per heavy atom. The fraction of sp³-hybridized carbons (Fsp3) is 0.500. The Bertz CT molecular complexity index is 724. The van der Waals surface area contributed by atoms with E-state index < -0.39 is 20.4 Å². The smallest absolute Gasteiger partial charge is 0.288 e. The molecule has 1 saturated heterocycles. The lowest BCUT2D eigenvalue weighted by Crippen LogP contribution is -2.35. The molecule has 1 aliphatic heterocycles. The highest BCUT2D eigenvalue weighted by Gasteiger charge is 2.26. The number of benzene rings is 1. The van der Waals surface area contributed by atoms with Gasteiger partial charge in [0, 0.05) is 37.5 Å². The van der Waals surface area contributed by atoms with E-state index >= 15 is 0 Å². The third kappa shape index (κ3) is 4.19. The van der Waals surface area contributed by atoms with Crippen LogP contribution in [0.15, 0.2) is 23.1 Å².